The monoisotopic (exact) mass is 257 g/mol. The molecule has 3 atom stereocenters. The van der Waals surface area contributed by atoms with Crippen LogP contribution in [0.1, 0.15) is 19.4 Å². The summed E-state index contributed by atoms with van der Waals surface area (Å²) in [4.78, 5) is 17.5. The number of β-amino-alcohol motifs (C(OH)–C–C–N with tert-alkyl or cyclic N) is 1. The summed E-state index contributed by atoms with van der Waals surface area (Å²) in [6, 6.07) is -0.123. The van der Waals surface area contributed by atoms with Crippen LogP contribution < -0.4 is 0 Å². The summed E-state index contributed by atoms with van der Waals surface area (Å²) in [7, 11) is 0. The zero-order valence-electron chi connectivity index (χ0n) is 9.66. The van der Waals surface area contributed by atoms with E-state index in [0.717, 1.165) is 0 Å². The van der Waals surface area contributed by atoms with Crippen LogP contribution in [-0.2, 0) is 4.79 Å². The van der Waals surface area contributed by atoms with E-state index in [1.807, 2.05) is 11.5 Å². The van der Waals surface area contributed by atoms with Crippen LogP contribution in [0.4, 0.5) is 0 Å². The molecule has 2 heterocycles. The molecule has 1 aliphatic rings. The molecule has 1 saturated heterocycles. The zero-order valence-corrected chi connectivity index (χ0v) is 10.4. The third kappa shape index (κ3) is 2.45. The first kappa shape index (κ1) is 12.4. The molecule has 0 bridgehead atoms. The van der Waals surface area contributed by atoms with Gasteiger partial charge in [-0.3, -0.25) is 4.79 Å². The number of imidazole rings is 1. The molecule has 1 aliphatic heterocycles. The predicted octanol–water partition coefficient (Wildman–Crippen LogP) is 0.645. The Bertz CT molecular complexity index is 382. The number of alkyl halides is 1. The summed E-state index contributed by atoms with van der Waals surface area (Å²) in [5.41, 5.74) is 0. The number of carbonyl (C=O) groups is 1. The second-order valence-electron chi connectivity index (χ2n) is 4.26. The first-order chi connectivity index (χ1) is 8.13. The molecule has 1 aromatic heterocycles. The lowest BCUT2D eigenvalue weighted by atomic mass is 10.2. The first-order valence-electron chi connectivity index (χ1n) is 5.71. The number of carbonyl (C=O) groups excluding carboxylic acids is 1. The maximum Gasteiger partial charge on any atom is 0.240 e. The van der Waals surface area contributed by atoms with Gasteiger partial charge in [-0.1, -0.05) is 6.92 Å². The van der Waals surface area contributed by atoms with Crippen LogP contribution in [0.5, 0.6) is 0 Å². The lowest BCUT2D eigenvalue weighted by Crippen LogP contribution is -2.35. The van der Waals surface area contributed by atoms with Crippen molar-refractivity contribution in [2.24, 2.45) is 0 Å². The van der Waals surface area contributed by atoms with Gasteiger partial charge in [0.2, 0.25) is 5.91 Å². The van der Waals surface area contributed by atoms with Crippen LogP contribution in [-0.4, -0.2) is 50.0 Å². The fraction of sp³-hybridized carbons (Fsp3) is 0.636. The minimum atomic E-state index is -0.561. The number of nitrogens with zero attached hydrogens (tertiary/aromatic N) is 3. The maximum absolute atomic E-state index is 11.9. The standard InChI is InChI=1S/C11H16ClN3O2/c1-2-8(12)11(17)15-5-9(10(16)6-15)14-4-3-13-7-14/h3-4,7-10,16H,2,5-6H2,1H3/t8-,9+,10+/m0/s1. The number of aliphatic hydroxyl groups excluding tert-OH is 1. The van der Waals surface area contributed by atoms with E-state index in [1.165, 1.54) is 0 Å². The molecular weight excluding hydrogens is 242 g/mol. The van der Waals surface area contributed by atoms with E-state index in [9.17, 15) is 9.90 Å². The lowest BCUT2D eigenvalue weighted by Gasteiger charge is -2.18. The highest BCUT2D eigenvalue weighted by molar-refractivity contribution is 6.30. The van der Waals surface area contributed by atoms with Crippen LogP contribution in [0.25, 0.3) is 0 Å². The van der Waals surface area contributed by atoms with Gasteiger partial charge in [0.05, 0.1) is 18.5 Å². The third-order valence-electron chi connectivity index (χ3n) is 3.10. The molecule has 0 spiro atoms. The number of halogens is 1. The fourth-order valence-electron chi connectivity index (χ4n) is 2.08. The van der Waals surface area contributed by atoms with Gasteiger partial charge in [0.25, 0.3) is 0 Å². The summed E-state index contributed by atoms with van der Waals surface area (Å²) >= 11 is 5.92. The van der Waals surface area contributed by atoms with Crippen molar-refractivity contribution in [2.75, 3.05) is 13.1 Å². The largest absolute Gasteiger partial charge is 0.389 e. The van der Waals surface area contributed by atoms with Crippen molar-refractivity contribution in [2.45, 2.75) is 30.9 Å². The molecule has 0 aliphatic carbocycles. The van der Waals surface area contributed by atoms with Crippen molar-refractivity contribution >= 4 is 17.5 Å². The van der Waals surface area contributed by atoms with Gasteiger partial charge < -0.3 is 14.6 Å². The van der Waals surface area contributed by atoms with E-state index in [0.29, 0.717) is 19.5 Å². The highest BCUT2D eigenvalue weighted by Crippen LogP contribution is 2.23. The lowest BCUT2D eigenvalue weighted by molar-refractivity contribution is -0.130. The Labute approximate surface area is 105 Å². The summed E-state index contributed by atoms with van der Waals surface area (Å²) in [5, 5.41) is 9.45. The van der Waals surface area contributed by atoms with Gasteiger partial charge in [-0.05, 0) is 6.42 Å². The highest BCUT2D eigenvalue weighted by atomic mass is 35.5. The van der Waals surface area contributed by atoms with E-state index in [2.05, 4.69) is 4.98 Å². The SMILES string of the molecule is CC[C@H](Cl)C(=O)N1C[C@@H](O)[C@H](n2ccnc2)C1. The predicted molar refractivity (Wildman–Crippen MR) is 63.8 cm³/mol. The van der Waals surface area contributed by atoms with Crippen molar-refractivity contribution < 1.29 is 9.90 Å². The minimum absolute atomic E-state index is 0.101. The Morgan fingerprint density at radius 1 is 1.65 bits per heavy atom. The summed E-state index contributed by atoms with van der Waals surface area (Å²) in [6.07, 6.45) is 5.14. The smallest absolute Gasteiger partial charge is 0.240 e. The van der Waals surface area contributed by atoms with Crippen LogP contribution in [0.2, 0.25) is 0 Å². The van der Waals surface area contributed by atoms with Gasteiger partial charge in [0.1, 0.15) is 5.38 Å². The average Bonchev–Trinajstić information content (AvgIpc) is 2.95. The molecule has 1 N–H and O–H groups in total. The molecule has 0 unspecified atom stereocenters. The molecule has 1 fully saturated rings. The van der Waals surface area contributed by atoms with E-state index < -0.39 is 11.5 Å². The topological polar surface area (TPSA) is 58.4 Å². The Morgan fingerprint density at radius 2 is 2.41 bits per heavy atom. The Hall–Kier alpha value is -1.07. The number of hydrogen-bond donors (Lipinski definition) is 1. The van der Waals surface area contributed by atoms with Crippen LogP contribution >= 0.6 is 11.6 Å². The Balaban J connectivity index is 2.05. The highest BCUT2D eigenvalue weighted by Gasteiger charge is 2.36. The van der Waals surface area contributed by atoms with Gasteiger partial charge >= 0.3 is 0 Å². The van der Waals surface area contributed by atoms with E-state index >= 15 is 0 Å². The van der Waals surface area contributed by atoms with Crippen molar-refractivity contribution in [3.8, 4) is 0 Å². The summed E-state index contributed by atoms with van der Waals surface area (Å²) < 4.78 is 1.83. The molecule has 0 aromatic carbocycles. The van der Waals surface area contributed by atoms with Crippen LogP contribution in [0, 0.1) is 0 Å². The second kappa shape index (κ2) is 5.06. The van der Waals surface area contributed by atoms with Gasteiger partial charge in [0, 0.05) is 25.5 Å². The van der Waals surface area contributed by atoms with Crippen LogP contribution in [0.3, 0.4) is 0 Å². The van der Waals surface area contributed by atoms with Crippen molar-refractivity contribution in [1.29, 1.82) is 0 Å². The third-order valence-corrected chi connectivity index (χ3v) is 3.60. The van der Waals surface area contributed by atoms with Gasteiger partial charge in [-0.25, -0.2) is 4.98 Å². The molecule has 1 amide bonds. The molecule has 17 heavy (non-hydrogen) atoms. The number of rotatable bonds is 3. The van der Waals surface area contributed by atoms with E-state index in [1.54, 1.807) is 23.6 Å². The molecule has 94 valence electrons. The molecule has 2 rings (SSSR count). The number of aromatic nitrogens is 2. The Morgan fingerprint density at radius 3 is 3.00 bits per heavy atom. The molecule has 5 nitrogen and oxygen atoms in total. The molecular formula is C11H16ClN3O2. The average molecular weight is 258 g/mol. The quantitative estimate of drug-likeness (QED) is 0.809. The zero-order chi connectivity index (χ0) is 12.4. The maximum atomic E-state index is 11.9. The number of hydrogen-bond acceptors (Lipinski definition) is 3. The Kier molecular flexibility index (Phi) is 3.69. The van der Waals surface area contributed by atoms with Crippen molar-refractivity contribution in [1.82, 2.24) is 14.5 Å². The van der Waals surface area contributed by atoms with E-state index in [-0.39, 0.29) is 11.9 Å². The van der Waals surface area contributed by atoms with Crippen molar-refractivity contribution in [3.63, 3.8) is 0 Å². The normalized spacial score (nSPS) is 26.2. The molecule has 6 heteroatoms. The first-order valence-corrected chi connectivity index (χ1v) is 6.15. The van der Waals surface area contributed by atoms with E-state index in [4.69, 9.17) is 11.6 Å². The minimum Gasteiger partial charge on any atom is -0.389 e. The van der Waals surface area contributed by atoms with Gasteiger partial charge in [-0.15, -0.1) is 11.6 Å². The van der Waals surface area contributed by atoms with Gasteiger partial charge in [-0.2, -0.15) is 0 Å². The number of amides is 1. The molecule has 0 saturated carbocycles. The number of aliphatic hydroxyl groups is 1. The van der Waals surface area contributed by atoms with Crippen LogP contribution in [0.15, 0.2) is 18.7 Å². The molecule has 0 radical (unpaired) electrons. The second-order valence-corrected chi connectivity index (χ2v) is 4.79. The summed E-state index contributed by atoms with van der Waals surface area (Å²) in [6.45, 7) is 2.69. The van der Waals surface area contributed by atoms with Crippen molar-refractivity contribution in [3.05, 3.63) is 18.7 Å². The number of likely N-dealkylation sites (tertiary alicyclic amines) is 1. The molecule has 1 aromatic rings. The fourth-order valence-corrected chi connectivity index (χ4v) is 2.22. The van der Waals surface area contributed by atoms with Gasteiger partial charge in [0.15, 0.2) is 0 Å². The summed E-state index contributed by atoms with van der Waals surface area (Å²) in [5.74, 6) is -0.101.